The number of aromatic nitrogens is 1. The minimum absolute atomic E-state index is 0.405. The summed E-state index contributed by atoms with van der Waals surface area (Å²) in [6, 6.07) is 29.8. The number of unbranched alkanes of at least 4 members (excludes halogenated alkanes) is 1. The van der Waals surface area contributed by atoms with Crippen LogP contribution in [-0.4, -0.2) is 35.8 Å². The first kappa shape index (κ1) is 21.2. The highest BCUT2D eigenvalue weighted by Crippen LogP contribution is 2.39. The van der Waals surface area contributed by atoms with Gasteiger partial charge in [0.2, 0.25) is 0 Å². The Morgan fingerprint density at radius 1 is 0.781 bits per heavy atom. The van der Waals surface area contributed by atoms with Gasteiger partial charge in [0.05, 0.1) is 13.2 Å². The van der Waals surface area contributed by atoms with Gasteiger partial charge in [-0.25, -0.2) is 0 Å². The van der Waals surface area contributed by atoms with Crippen molar-refractivity contribution in [3.63, 3.8) is 0 Å². The standard InChI is InChI=1S/C29H34N2O/c1-2-3-13-24(22-29(23-11-5-4-6-12-23)30-18-20-32-21-19-30)31-27-16-9-7-14-25(27)26-15-8-10-17-28(26)31/h4-12,14-17,24,29H,2-3,13,18-22H2,1H3. The first-order valence-electron chi connectivity index (χ1n) is 12.2. The number of hydrogen-bond donors (Lipinski definition) is 0. The van der Waals surface area contributed by atoms with Gasteiger partial charge in [0, 0.05) is 47.0 Å². The number of rotatable bonds is 8. The van der Waals surface area contributed by atoms with Crippen LogP contribution in [0.15, 0.2) is 78.9 Å². The van der Waals surface area contributed by atoms with Gasteiger partial charge in [0.1, 0.15) is 0 Å². The molecule has 0 N–H and O–H groups in total. The lowest BCUT2D eigenvalue weighted by molar-refractivity contribution is 0.0109. The zero-order chi connectivity index (χ0) is 21.8. The van der Waals surface area contributed by atoms with Crippen LogP contribution in [0.3, 0.4) is 0 Å². The van der Waals surface area contributed by atoms with Crippen LogP contribution < -0.4 is 0 Å². The number of morpholine rings is 1. The van der Waals surface area contributed by atoms with Gasteiger partial charge in [-0.1, -0.05) is 86.5 Å². The van der Waals surface area contributed by atoms with Gasteiger partial charge in [0.25, 0.3) is 0 Å². The zero-order valence-electron chi connectivity index (χ0n) is 19.1. The molecule has 1 aliphatic heterocycles. The van der Waals surface area contributed by atoms with Crippen molar-refractivity contribution in [2.75, 3.05) is 26.3 Å². The first-order valence-corrected chi connectivity index (χ1v) is 12.2. The number of hydrogen-bond acceptors (Lipinski definition) is 2. The third-order valence-corrected chi connectivity index (χ3v) is 7.04. The molecular formula is C29H34N2O. The molecular weight excluding hydrogens is 392 g/mol. The predicted octanol–water partition coefficient (Wildman–Crippen LogP) is 6.99. The van der Waals surface area contributed by atoms with Crippen LogP contribution in [0.5, 0.6) is 0 Å². The van der Waals surface area contributed by atoms with E-state index in [9.17, 15) is 0 Å². The van der Waals surface area contributed by atoms with E-state index in [-0.39, 0.29) is 0 Å². The van der Waals surface area contributed by atoms with Crippen molar-refractivity contribution >= 4 is 21.8 Å². The quantitative estimate of drug-likeness (QED) is 0.302. The fourth-order valence-corrected chi connectivity index (χ4v) is 5.46. The molecule has 1 aliphatic rings. The lowest BCUT2D eigenvalue weighted by Crippen LogP contribution is -2.40. The summed E-state index contributed by atoms with van der Waals surface area (Å²) in [4.78, 5) is 2.64. The number of para-hydroxylation sites is 2. The summed E-state index contributed by atoms with van der Waals surface area (Å²) in [5, 5.41) is 2.74. The SMILES string of the molecule is CCCCC(CC(c1ccccc1)N1CCOCC1)n1c2ccccc2c2ccccc21. The molecule has 0 spiro atoms. The third kappa shape index (κ3) is 4.20. The number of fused-ring (bicyclic) bond motifs is 3. The molecule has 1 aromatic heterocycles. The van der Waals surface area contributed by atoms with Crippen LogP contribution in [0.1, 0.15) is 50.3 Å². The molecule has 1 fully saturated rings. The molecule has 0 aliphatic carbocycles. The molecule has 166 valence electrons. The Morgan fingerprint density at radius 2 is 1.38 bits per heavy atom. The molecule has 2 atom stereocenters. The summed E-state index contributed by atoms with van der Waals surface area (Å²) in [5.41, 5.74) is 4.16. The smallest absolute Gasteiger partial charge is 0.0594 e. The Bertz CT molecular complexity index is 1090. The Hall–Kier alpha value is -2.62. The fourth-order valence-electron chi connectivity index (χ4n) is 5.46. The Labute approximate surface area is 191 Å². The summed E-state index contributed by atoms with van der Waals surface area (Å²) < 4.78 is 8.35. The van der Waals surface area contributed by atoms with Crippen molar-refractivity contribution in [1.82, 2.24) is 9.47 Å². The maximum Gasteiger partial charge on any atom is 0.0594 e. The van der Waals surface area contributed by atoms with Crippen molar-refractivity contribution in [1.29, 1.82) is 0 Å². The molecule has 32 heavy (non-hydrogen) atoms. The van der Waals surface area contributed by atoms with E-state index < -0.39 is 0 Å². The highest BCUT2D eigenvalue weighted by atomic mass is 16.5. The molecule has 3 heteroatoms. The molecule has 0 saturated carbocycles. The topological polar surface area (TPSA) is 17.4 Å². The lowest BCUT2D eigenvalue weighted by Gasteiger charge is -2.37. The van der Waals surface area contributed by atoms with Gasteiger partial charge in [-0.2, -0.15) is 0 Å². The Balaban J connectivity index is 1.60. The van der Waals surface area contributed by atoms with E-state index in [1.807, 2.05) is 0 Å². The molecule has 3 aromatic carbocycles. The van der Waals surface area contributed by atoms with E-state index in [1.54, 1.807) is 0 Å². The second kappa shape index (κ2) is 9.89. The summed E-state index contributed by atoms with van der Waals surface area (Å²) >= 11 is 0. The molecule has 5 rings (SSSR count). The van der Waals surface area contributed by atoms with Gasteiger partial charge in [-0.05, 0) is 30.5 Å². The Morgan fingerprint density at radius 3 is 2.00 bits per heavy atom. The minimum Gasteiger partial charge on any atom is -0.379 e. The molecule has 2 unspecified atom stereocenters. The van der Waals surface area contributed by atoms with Crippen LogP contribution in [-0.2, 0) is 4.74 Å². The van der Waals surface area contributed by atoms with Crippen molar-refractivity contribution in [3.8, 4) is 0 Å². The molecule has 1 saturated heterocycles. The highest BCUT2D eigenvalue weighted by Gasteiger charge is 2.28. The number of benzene rings is 3. The third-order valence-electron chi connectivity index (χ3n) is 7.04. The monoisotopic (exact) mass is 426 g/mol. The van der Waals surface area contributed by atoms with Crippen molar-refractivity contribution in [2.24, 2.45) is 0 Å². The summed E-state index contributed by atoms with van der Waals surface area (Å²) in [5.74, 6) is 0. The van der Waals surface area contributed by atoms with Gasteiger partial charge in [-0.15, -0.1) is 0 Å². The van der Waals surface area contributed by atoms with Gasteiger partial charge >= 0.3 is 0 Å². The maximum absolute atomic E-state index is 5.70. The van der Waals surface area contributed by atoms with E-state index >= 15 is 0 Å². The first-order chi connectivity index (χ1) is 15.9. The number of ether oxygens (including phenoxy) is 1. The van der Waals surface area contributed by atoms with Crippen LogP contribution in [0.25, 0.3) is 21.8 Å². The van der Waals surface area contributed by atoms with Gasteiger partial charge < -0.3 is 9.30 Å². The molecule has 3 nitrogen and oxygen atoms in total. The normalized spacial score (nSPS) is 17.0. The number of nitrogens with zero attached hydrogens (tertiary/aromatic N) is 2. The Kier molecular flexibility index (Phi) is 6.56. The van der Waals surface area contributed by atoms with Crippen molar-refractivity contribution in [2.45, 2.75) is 44.7 Å². The fraction of sp³-hybridized carbons (Fsp3) is 0.379. The van der Waals surface area contributed by atoms with Crippen molar-refractivity contribution in [3.05, 3.63) is 84.4 Å². The second-order valence-corrected chi connectivity index (χ2v) is 9.01. The van der Waals surface area contributed by atoms with Gasteiger partial charge in [-0.3, -0.25) is 4.90 Å². The second-order valence-electron chi connectivity index (χ2n) is 9.01. The maximum atomic E-state index is 5.70. The predicted molar refractivity (Wildman–Crippen MR) is 134 cm³/mol. The van der Waals surface area contributed by atoms with Crippen molar-refractivity contribution < 1.29 is 4.74 Å². The largest absolute Gasteiger partial charge is 0.379 e. The lowest BCUT2D eigenvalue weighted by atomic mass is 9.94. The molecule has 0 bridgehead atoms. The molecule has 4 aromatic rings. The van der Waals surface area contributed by atoms with Gasteiger partial charge in [0.15, 0.2) is 0 Å². The average molecular weight is 427 g/mol. The summed E-state index contributed by atoms with van der Waals surface area (Å²) in [7, 11) is 0. The van der Waals surface area contributed by atoms with E-state index in [2.05, 4.69) is 95.3 Å². The molecule has 0 amide bonds. The van der Waals surface area contributed by atoms with E-state index in [1.165, 1.54) is 46.6 Å². The zero-order valence-corrected chi connectivity index (χ0v) is 19.1. The van der Waals surface area contributed by atoms with Crippen LogP contribution in [0, 0.1) is 0 Å². The molecule has 0 radical (unpaired) electrons. The summed E-state index contributed by atoms with van der Waals surface area (Å²) in [6.45, 7) is 5.98. The van der Waals surface area contributed by atoms with Crippen LogP contribution >= 0.6 is 0 Å². The average Bonchev–Trinajstić information content (AvgIpc) is 3.20. The van der Waals surface area contributed by atoms with Crippen LogP contribution in [0.2, 0.25) is 0 Å². The molecule has 2 heterocycles. The minimum atomic E-state index is 0.405. The van der Waals surface area contributed by atoms with E-state index in [0.717, 1.165) is 32.7 Å². The van der Waals surface area contributed by atoms with E-state index in [4.69, 9.17) is 4.74 Å². The van der Waals surface area contributed by atoms with E-state index in [0.29, 0.717) is 12.1 Å². The highest BCUT2D eigenvalue weighted by molar-refractivity contribution is 6.08. The summed E-state index contributed by atoms with van der Waals surface area (Å²) in [6.07, 6.45) is 4.79. The van der Waals surface area contributed by atoms with Crippen LogP contribution in [0.4, 0.5) is 0 Å².